The van der Waals surface area contributed by atoms with E-state index < -0.39 is 9.05 Å². The SMILES string of the molecule is Cn1cnnc1S(=O)(=O)Cl. The molecule has 0 radical (unpaired) electrons. The average molecular weight is 182 g/mol. The van der Waals surface area contributed by atoms with E-state index in [4.69, 9.17) is 10.7 Å². The minimum Gasteiger partial charge on any atom is -0.307 e. The number of nitrogens with zero attached hydrogens (tertiary/aromatic N) is 3. The van der Waals surface area contributed by atoms with Gasteiger partial charge in [-0.05, 0) is 0 Å². The van der Waals surface area contributed by atoms with Crippen molar-refractivity contribution in [2.75, 3.05) is 0 Å². The van der Waals surface area contributed by atoms with E-state index in [-0.39, 0.29) is 5.16 Å². The van der Waals surface area contributed by atoms with Crippen molar-refractivity contribution in [3.05, 3.63) is 6.33 Å². The molecule has 0 aromatic carbocycles. The lowest BCUT2D eigenvalue weighted by Gasteiger charge is -1.91. The van der Waals surface area contributed by atoms with Crippen LogP contribution in [0.4, 0.5) is 0 Å². The Morgan fingerprint density at radius 1 is 1.70 bits per heavy atom. The molecule has 0 bridgehead atoms. The number of hydrogen-bond donors (Lipinski definition) is 0. The molecule has 1 aromatic heterocycles. The maximum Gasteiger partial charge on any atom is 0.296 e. The first-order valence-electron chi connectivity index (χ1n) is 2.30. The normalized spacial score (nSPS) is 11.8. The number of aromatic nitrogens is 3. The molecule has 0 saturated carbocycles. The zero-order chi connectivity index (χ0) is 7.78. The van der Waals surface area contributed by atoms with E-state index in [1.54, 1.807) is 0 Å². The summed E-state index contributed by atoms with van der Waals surface area (Å²) in [6.07, 6.45) is 1.26. The largest absolute Gasteiger partial charge is 0.307 e. The van der Waals surface area contributed by atoms with Gasteiger partial charge in [0, 0.05) is 17.7 Å². The van der Waals surface area contributed by atoms with Crippen molar-refractivity contribution >= 4 is 19.7 Å². The van der Waals surface area contributed by atoms with Gasteiger partial charge in [0.1, 0.15) is 6.33 Å². The van der Waals surface area contributed by atoms with Crippen LogP contribution in [0.2, 0.25) is 0 Å². The third kappa shape index (κ3) is 1.27. The molecule has 56 valence electrons. The molecule has 0 aliphatic heterocycles. The molecule has 1 heterocycles. The Kier molecular flexibility index (Phi) is 1.65. The molecule has 0 unspecified atom stereocenters. The lowest BCUT2D eigenvalue weighted by atomic mass is 11.1. The second-order valence-corrected chi connectivity index (χ2v) is 4.12. The smallest absolute Gasteiger partial charge is 0.296 e. The molecule has 1 rings (SSSR count). The Balaban J connectivity index is 3.32. The standard InChI is InChI=1S/C3H4ClN3O2S/c1-7-2-5-6-3(7)10(4,8)9/h2H,1H3. The topological polar surface area (TPSA) is 64.8 Å². The van der Waals surface area contributed by atoms with Crippen LogP contribution in [0.1, 0.15) is 0 Å². The summed E-state index contributed by atoms with van der Waals surface area (Å²) in [7, 11) is 2.72. The maximum absolute atomic E-state index is 10.6. The highest BCUT2D eigenvalue weighted by atomic mass is 35.7. The summed E-state index contributed by atoms with van der Waals surface area (Å²) < 4.78 is 22.3. The lowest BCUT2D eigenvalue weighted by molar-refractivity contribution is 0.592. The highest BCUT2D eigenvalue weighted by Crippen LogP contribution is 2.08. The molecular formula is C3H4ClN3O2S. The highest BCUT2D eigenvalue weighted by molar-refractivity contribution is 8.13. The van der Waals surface area contributed by atoms with E-state index in [9.17, 15) is 8.42 Å². The quantitative estimate of drug-likeness (QED) is 0.560. The molecule has 0 amide bonds. The van der Waals surface area contributed by atoms with Crippen LogP contribution in [0.3, 0.4) is 0 Å². The zero-order valence-electron chi connectivity index (χ0n) is 5.02. The first-order chi connectivity index (χ1) is 4.52. The number of aryl methyl sites for hydroxylation is 1. The predicted octanol–water partition coefficient (Wildman–Crippen LogP) is -0.257. The van der Waals surface area contributed by atoms with Gasteiger partial charge in [0.05, 0.1) is 0 Å². The second kappa shape index (κ2) is 2.21. The molecular weight excluding hydrogens is 178 g/mol. The highest BCUT2D eigenvalue weighted by Gasteiger charge is 2.15. The fourth-order valence-electron chi connectivity index (χ4n) is 0.493. The molecule has 0 spiro atoms. The van der Waals surface area contributed by atoms with Gasteiger partial charge in [-0.1, -0.05) is 0 Å². The van der Waals surface area contributed by atoms with Crippen LogP contribution in [0.5, 0.6) is 0 Å². The monoisotopic (exact) mass is 181 g/mol. The minimum absolute atomic E-state index is 0.242. The van der Waals surface area contributed by atoms with Gasteiger partial charge in [-0.2, -0.15) is 0 Å². The lowest BCUT2D eigenvalue weighted by Crippen LogP contribution is -2.00. The van der Waals surface area contributed by atoms with Crippen molar-refractivity contribution in [1.29, 1.82) is 0 Å². The molecule has 7 heteroatoms. The third-order valence-corrected chi connectivity index (χ3v) is 2.11. The average Bonchev–Trinajstić information content (AvgIpc) is 2.11. The van der Waals surface area contributed by atoms with E-state index >= 15 is 0 Å². The summed E-state index contributed by atoms with van der Waals surface area (Å²) in [5, 5.41) is 6.38. The summed E-state index contributed by atoms with van der Waals surface area (Å²) in [5.74, 6) is 0. The van der Waals surface area contributed by atoms with Gasteiger partial charge in [0.25, 0.3) is 14.2 Å². The van der Waals surface area contributed by atoms with E-state index in [0.29, 0.717) is 0 Å². The van der Waals surface area contributed by atoms with Gasteiger partial charge in [-0.15, -0.1) is 10.2 Å². The molecule has 0 N–H and O–H groups in total. The Bertz CT molecular complexity index is 329. The molecule has 0 aliphatic rings. The van der Waals surface area contributed by atoms with Crippen molar-refractivity contribution in [1.82, 2.24) is 14.8 Å². The molecule has 0 saturated heterocycles. The van der Waals surface area contributed by atoms with Gasteiger partial charge >= 0.3 is 0 Å². The zero-order valence-corrected chi connectivity index (χ0v) is 6.59. The van der Waals surface area contributed by atoms with Crippen molar-refractivity contribution < 1.29 is 8.42 Å². The first kappa shape index (κ1) is 7.49. The van der Waals surface area contributed by atoms with Gasteiger partial charge in [0.15, 0.2) is 0 Å². The summed E-state index contributed by atoms with van der Waals surface area (Å²) in [4.78, 5) is 0. The molecule has 1 aromatic rings. The fourth-order valence-corrected chi connectivity index (χ4v) is 1.45. The van der Waals surface area contributed by atoms with E-state index in [0.717, 1.165) is 0 Å². The van der Waals surface area contributed by atoms with Crippen LogP contribution in [-0.4, -0.2) is 23.2 Å². The fraction of sp³-hybridized carbons (Fsp3) is 0.333. The summed E-state index contributed by atoms with van der Waals surface area (Å²) in [5.41, 5.74) is 0. The Morgan fingerprint density at radius 2 is 2.30 bits per heavy atom. The predicted molar refractivity (Wildman–Crippen MR) is 34.0 cm³/mol. The van der Waals surface area contributed by atoms with Crippen LogP contribution in [0.25, 0.3) is 0 Å². The minimum atomic E-state index is -3.73. The van der Waals surface area contributed by atoms with Gasteiger partial charge in [0.2, 0.25) is 0 Å². The number of halogens is 1. The first-order valence-corrected chi connectivity index (χ1v) is 4.61. The number of hydrogen-bond acceptors (Lipinski definition) is 4. The van der Waals surface area contributed by atoms with Crippen molar-refractivity contribution in [2.45, 2.75) is 5.16 Å². The molecule has 0 fully saturated rings. The molecule has 0 atom stereocenters. The summed E-state index contributed by atoms with van der Waals surface area (Å²) in [6, 6.07) is 0. The van der Waals surface area contributed by atoms with Crippen molar-refractivity contribution in [3.8, 4) is 0 Å². The van der Waals surface area contributed by atoms with E-state index in [2.05, 4.69) is 10.2 Å². The summed E-state index contributed by atoms with van der Waals surface area (Å²) >= 11 is 0. The molecule has 5 nitrogen and oxygen atoms in total. The van der Waals surface area contributed by atoms with Crippen LogP contribution in [-0.2, 0) is 16.1 Å². The van der Waals surface area contributed by atoms with Crippen molar-refractivity contribution in [2.24, 2.45) is 7.05 Å². The van der Waals surface area contributed by atoms with Gasteiger partial charge in [-0.3, -0.25) is 0 Å². The van der Waals surface area contributed by atoms with Crippen LogP contribution in [0, 0.1) is 0 Å². The Labute approximate surface area is 62.1 Å². The van der Waals surface area contributed by atoms with Gasteiger partial charge < -0.3 is 4.57 Å². The third-order valence-electron chi connectivity index (χ3n) is 0.888. The second-order valence-electron chi connectivity index (χ2n) is 1.66. The Morgan fingerprint density at radius 3 is 2.50 bits per heavy atom. The van der Waals surface area contributed by atoms with Crippen LogP contribution >= 0.6 is 10.7 Å². The number of rotatable bonds is 1. The summed E-state index contributed by atoms with van der Waals surface area (Å²) in [6.45, 7) is 0. The van der Waals surface area contributed by atoms with E-state index in [1.165, 1.54) is 17.9 Å². The molecule has 10 heavy (non-hydrogen) atoms. The maximum atomic E-state index is 10.6. The molecule has 0 aliphatic carbocycles. The van der Waals surface area contributed by atoms with Crippen LogP contribution < -0.4 is 0 Å². The van der Waals surface area contributed by atoms with Crippen LogP contribution in [0.15, 0.2) is 11.5 Å². The van der Waals surface area contributed by atoms with Gasteiger partial charge in [-0.25, -0.2) is 8.42 Å². The van der Waals surface area contributed by atoms with E-state index in [1.807, 2.05) is 0 Å². The Hall–Kier alpha value is -0.620. The van der Waals surface area contributed by atoms with Crippen molar-refractivity contribution in [3.63, 3.8) is 0 Å².